The number of fused-ring (bicyclic) bond motifs is 1. The Morgan fingerprint density at radius 1 is 1.30 bits per heavy atom. The summed E-state index contributed by atoms with van der Waals surface area (Å²) in [6.07, 6.45) is 3.78. The molecule has 0 bridgehead atoms. The fraction of sp³-hybridized carbons (Fsp3) is 0.100. The van der Waals surface area contributed by atoms with Gasteiger partial charge in [0.15, 0.2) is 4.80 Å². The average Bonchev–Trinajstić information content (AvgIpc) is 3.20. The van der Waals surface area contributed by atoms with E-state index in [2.05, 4.69) is 25.9 Å². The van der Waals surface area contributed by atoms with E-state index in [1.165, 1.54) is 11.3 Å². The number of thiazole rings is 1. The highest BCUT2D eigenvalue weighted by atomic mass is 79.9. The van der Waals surface area contributed by atoms with Crippen LogP contribution in [0.2, 0.25) is 5.02 Å². The number of allylic oxidation sites excluding steroid dienone is 1. The van der Waals surface area contributed by atoms with Crippen LogP contribution in [0.3, 0.4) is 0 Å². The minimum absolute atomic E-state index is 0.203. The molecular weight excluding hydrogens is 446 g/mol. The van der Waals surface area contributed by atoms with E-state index in [4.69, 9.17) is 11.6 Å². The normalized spacial score (nSPS) is 14.9. The topological polar surface area (TPSA) is 49.9 Å². The Labute approximate surface area is 174 Å². The summed E-state index contributed by atoms with van der Waals surface area (Å²) in [4.78, 5) is 10.5. The molecule has 1 aliphatic heterocycles. The highest BCUT2D eigenvalue weighted by molar-refractivity contribution is 9.10. The number of para-hydroxylation sites is 1. The van der Waals surface area contributed by atoms with Gasteiger partial charge in [-0.2, -0.15) is 0 Å². The molecule has 2 aromatic carbocycles. The Kier molecular flexibility index (Phi) is 5.04. The van der Waals surface area contributed by atoms with Crippen molar-refractivity contribution in [3.63, 3.8) is 0 Å². The molecule has 1 aromatic heterocycles. The highest BCUT2D eigenvalue weighted by Crippen LogP contribution is 2.34. The van der Waals surface area contributed by atoms with Gasteiger partial charge < -0.3 is 5.11 Å². The van der Waals surface area contributed by atoms with E-state index in [1.807, 2.05) is 55.6 Å². The van der Waals surface area contributed by atoms with E-state index < -0.39 is 0 Å². The number of aromatic hydroxyl groups is 1. The Morgan fingerprint density at radius 3 is 2.89 bits per heavy atom. The van der Waals surface area contributed by atoms with Gasteiger partial charge in [0.25, 0.3) is 0 Å². The van der Waals surface area contributed by atoms with Gasteiger partial charge in [0.05, 0.1) is 21.3 Å². The van der Waals surface area contributed by atoms with Crippen molar-refractivity contribution in [1.29, 1.82) is 0 Å². The standard InChI is InChI=1S/C20H15BrClN3OS/c1-2-25-19(26)18(9-12-11-23-17-6-4-3-5-14(12)17)27-20(25)24-13-7-8-15(21)16(22)10-13/h3-11,26H,2H2,1H3. The van der Waals surface area contributed by atoms with Gasteiger partial charge in [-0.15, -0.1) is 0 Å². The fourth-order valence-corrected chi connectivity index (χ4v) is 4.33. The average molecular weight is 461 g/mol. The summed E-state index contributed by atoms with van der Waals surface area (Å²) in [6.45, 7) is 2.59. The van der Waals surface area contributed by atoms with Crippen LogP contribution in [-0.4, -0.2) is 15.9 Å². The minimum Gasteiger partial charge on any atom is -0.493 e. The van der Waals surface area contributed by atoms with Gasteiger partial charge in [-0.05, 0) is 53.2 Å². The molecule has 0 spiro atoms. The second-order valence-corrected chi connectivity index (χ2v) is 8.17. The molecule has 0 fully saturated rings. The van der Waals surface area contributed by atoms with Crippen LogP contribution in [0, 0.1) is 0 Å². The molecule has 4 nitrogen and oxygen atoms in total. The number of rotatable bonds is 3. The summed E-state index contributed by atoms with van der Waals surface area (Å²) in [7, 11) is 0. The van der Waals surface area contributed by atoms with Crippen LogP contribution in [0.15, 0.2) is 56.9 Å². The molecule has 136 valence electrons. The fourth-order valence-electron chi connectivity index (χ4n) is 2.85. The molecule has 7 heteroatoms. The van der Waals surface area contributed by atoms with Crippen LogP contribution in [0.25, 0.3) is 11.6 Å². The van der Waals surface area contributed by atoms with Crippen molar-refractivity contribution in [3.8, 4) is 5.88 Å². The van der Waals surface area contributed by atoms with Crippen molar-refractivity contribution in [2.75, 3.05) is 0 Å². The van der Waals surface area contributed by atoms with Gasteiger partial charge in [-0.25, -0.2) is 4.99 Å². The molecule has 0 atom stereocenters. The molecule has 0 saturated carbocycles. The molecule has 4 rings (SSSR count). The smallest absolute Gasteiger partial charge is 0.211 e. The predicted octanol–water partition coefficient (Wildman–Crippen LogP) is 6.18. The van der Waals surface area contributed by atoms with Crippen molar-refractivity contribution in [2.45, 2.75) is 13.5 Å². The van der Waals surface area contributed by atoms with Crippen molar-refractivity contribution < 1.29 is 5.11 Å². The maximum absolute atomic E-state index is 10.7. The molecular formula is C20H15BrClN3OS. The van der Waals surface area contributed by atoms with Gasteiger partial charge in [0, 0.05) is 28.4 Å². The Morgan fingerprint density at radius 2 is 2.11 bits per heavy atom. The first-order chi connectivity index (χ1) is 13.1. The molecule has 0 amide bonds. The second-order valence-electron chi connectivity index (χ2n) is 5.90. The maximum Gasteiger partial charge on any atom is 0.211 e. The van der Waals surface area contributed by atoms with Gasteiger partial charge in [0.2, 0.25) is 5.88 Å². The lowest BCUT2D eigenvalue weighted by Crippen LogP contribution is -2.12. The Hall–Kier alpha value is -2.15. The summed E-state index contributed by atoms with van der Waals surface area (Å²) in [5.41, 5.74) is 3.71. The number of nitrogens with zero attached hydrogens (tertiary/aromatic N) is 3. The maximum atomic E-state index is 10.7. The summed E-state index contributed by atoms with van der Waals surface area (Å²) >= 11 is 11.0. The number of aromatic nitrogens is 1. The van der Waals surface area contributed by atoms with E-state index in [1.54, 1.807) is 10.6 Å². The first-order valence-electron chi connectivity index (χ1n) is 8.34. The van der Waals surface area contributed by atoms with Crippen molar-refractivity contribution in [3.05, 3.63) is 67.2 Å². The first kappa shape index (κ1) is 18.2. The molecule has 0 aliphatic carbocycles. The molecule has 27 heavy (non-hydrogen) atoms. The second kappa shape index (κ2) is 7.46. The van der Waals surface area contributed by atoms with Crippen molar-refractivity contribution >= 4 is 68.1 Å². The van der Waals surface area contributed by atoms with E-state index in [0.717, 1.165) is 31.9 Å². The SMILES string of the molecule is CCn1c(O)c(C=C2C=Nc3ccccc32)sc1=Nc1ccc(Br)c(Cl)c1. The molecule has 0 saturated heterocycles. The molecule has 2 heterocycles. The lowest BCUT2D eigenvalue weighted by atomic mass is 10.1. The molecule has 1 aliphatic rings. The molecule has 0 radical (unpaired) electrons. The van der Waals surface area contributed by atoms with Crippen LogP contribution in [0.1, 0.15) is 17.4 Å². The summed E-state index contributed by atoms with van der Waals surface area (Å²) in [5, 5.41) is 11.3. The number of hydrogen-bond donors (Lipinski definition) is 1. The summed E-state index contributed by atoms with van der Waals surface area (Å²) < 4.78 is 2.61. The quantitative estimate of drug-likeness (QED) is 0.498. The largest absolute Gasteiger partial charge is 0.493 e. The molecule has 1 N–H and O–H groups in total. The van der Waals surface area contributed by atoms with Crippen LogP contribution in [0.5, 0.6) is 5.88 Å². The third-order valence-electron chi connectivity index (χ3n) is 4.20. The molecule has 3 aromatic rings. The first-order valence-corrected chi connectivity index (χ1v) is 10.3. The van der Waals surface area contributed by atoms with Gasteiger partial charge in [0.1, 0.15) is 0 Å². The lowest BCUT2D eigenvalue weighted by molar-refractivity contribution is 0.416. The van der Waals surface area contributed by atoms with Crippen molar-refractivity contribution in [2.24, 2.45) is 9.98 Å². The van der Waals surface area contributed by atoms with E-state index >= 15 is 0 Å². The Bertz CT molecular complexity index is 1160. The monoisotopic (exact) mass is 459 g/mol. The summed E-state index contributed by atoms with van der Waals surface area (Å²) in [5.74, 6) is 0.203. The number of benzene rings is 2. The minimum atomic E-state index is 0.203. The van der Waals surface area contributed by atoms with E-state index in [9.17, 15) is 5.11 Å². The van der Waals surface area contributed by atoms with Crippen molar-refractivity contribution in [1.82, 2.24) is 4.57 Å². The van der Waals surface area contributed by atoms with Crippen LogP contribution in [0.4, 0.5) is 11.4 Å². The van der Waals surface area contributed by atoms with Crippen LogP contribution >= 0.6 is 38.9 Å². The third-order valence-corrected chi connectivity index (χ3v) is 6.44. The molecule has 0 unspecified atom stereocenters. The number of halogens is 2. The summed E-state index contributed by atoms with van der Waals surface area (Å²) in [6, 6.07) is 13.5. The zero-order valence-electron chi connectivity index (χ0n) is 14.4. The van der Waals surface area contributed by atoms with Gasteiger partial charge >= 0.3 is 0 Å². The zero-order valence-corrected chi connectivity index (χ0v) is 17.5. The highest BCUT2D eigenvalue weighted by Gasteiger charge is 2.15. The van der Waals surface area contributed by atoms with Gasteiger partial charge in [-0.1, -0.05) is 41.1 Å². The lowest BCUT2D eigenvalue weighted by Gasteiger charge is -2.01. The van der Waals surface area contributed by atoms with Crippen LogP contribution < -0.4 is 4.80 Å². The third kappa shape index (κ3) is 3.52. The van der Waals surface area contributed by atoms with Gasteiger partial charge in [-0.3, -0.25) is 9.56 Å². The predicted molar refractivity (Wildman–Crippen MR) is 116 cm³/mol. The zero-order chi connectivity index (χ0) is 19.0. The Balaban J connectivity index is 1.81. The number of hydrogen-bond acceptors (Lipinski definition) is 4. The van der Waals surface area contributed by atoms with Crippen LogP contribution in [-0.2, 0) is 6.54 Å². The number of aliphatic imine (C=N–C) groups is 1. The van der Waals surface area contributed by atoms with E-state index in [0.29, 0.717) is 16.4 Å². The van der Waals surface area contributed by atoms with E-state index in [-0.39, 0.29) is 5.88 Å².